The van der Waals surface area contributed by atoms with Crippen molar-refractivity contribution in [1.29, 1.82) is 0 Å². The molecule has 2 heterocycles. The number of nitrogens with two attached hydrogens (primary N) is 1. The lowest BCUT2D eigenvalue weighted by Crippen LogP contribution is -2.08. The number of hydrogen-bond acceptors (Lipinski definition) is 3. The van der Waals surface area contributed by atoms with Gasteiger partial charge in [-0.1, -0.05) is 12.1 Å². The highest BCUT2D eigenvalue weighted by molar-refractivity contribution is 6.09. The summed E-state index contributed by atoms with van der Waals surface area (Å²) in [7, 11) is 1.81. The van der Waals surface area contributed by atoms with E-state index in [0.29, 0.717) is 23.1 Å². The molecule has 0 saturated heterocycles. The van der Waals surface area contributed by atoms with Crippen LogP contribution in [0.4, 0.5) is 8.78 Å². The molecule has 3 aromatic rings. The van der Waals surface area contributed by atoms with E-state index >= 15 is 0 Å². The van der Waals surface area contributed by atoms with Gasteiger partial charge in [-0.25, -0.2) is 13.8 Å². The van der Waals surface area contributed by atoms with Crippen LogP contribution in [0, 0.1) is 18.6 Å². The van der Waals surface area contributed by atoms with Crippen LogP contribution in [0.15, 0.2) is 30.5 Å². The fraction of sp³-hybridized carbons (Fsp3) is 0.222. The number of halogens is 2. The minimum atomic E-state index is -0.982. The number of aryl methyl sites for hydroxylation is 1. The van der Waals surface area contributed by atoms with Crippen molar-refractivity contribution in [2.24, 2.45) is 12.8 Å². The van der Waals surface area contributed by atoms with Gasteiger partial charge in [0, 0.05) is 42.9 Å². The number of benzene rings is 1. The van der Waals surface area contributed by atoms with E-state index in [2.05, 4.69) is 4.98 Å². The average Bonchev–Trinajstić information content (AvgIpc) is 2.82. The molecule has 0 radical (unpaired) electrons. The summed E-state index contributed by atoms with van der Waals surface area (Å²) in [4.78, 5) is 17.1. The van der Waals surface area contributed by atoms with Crippen molar-refractivity contribution < 1.29 is 13.6 Å². The lowest BCUT2D eigenvalue weighted by Gasteiger charge is -2.05. The van der Waals surface area contributed by atoms with Gasteiger partial charge < -0.3 is 10.3 Å². The predicted molar refractivity (Wildman–Crippen MR) is 87.7 cm³/mol. The number of ketones is 1. The number of fused-ring (bicyclic) bond motifs is 1. The molecule has 6 heteroatoms. The molecule has 0 atom stereocenters. The van der Waals surface area contributed by atoms with Crippen molar-refractivity contribution in [3.05, 3.63) is 64.5 Å². The number of carbonyl (C=O) groups excluding carboxylic acids is 1. The standard InChI is InChI=1S/C18H17F2N3O/c1-10-16(13-6-11(8-21)9-22-18(13)23(10)2)15(24)7-12-4-3-5-14(19)17(12)20/h3-6,9H,7-8,21H2,1-2H3. The summed E-state index contributed by atoms with van der Waals surface area (Å²) in [5, 5.41) is 0.680. The molecule has 24 heavy (non-hydrogen) atoms. The largest absolute Gasteiger partial charge is 0.332 e. The first-order valence-corrected chi connectivity index (χ1v) is 7.54. The van der Waals surface area contributed by atoms with Crippen molar-refractivity contribution in [3.8, 4) is 0 Å². The van der Waals surface area contributed by atoms with E-state index in [1.807, 2.05) is 17.7 Å². The normalized spacial score (nSPS) is 11.2. The summed E-state index contributed by atoms with van der Waals surface area (Å²) in [5.74, 6) is -2.22. The molecule has 0 fully saturated rings. The minimum Gasteiger partial charge on any atom is -0.332 e. The Hall–Kier alpha value is -2.60. The second-order valence-corrected chi connectivity index (χ2v) is 5.75. The van der Waals surface area contributed by atoms with Gasteiger partial charge in [-0.05, 0) is 30.2 Å². The maximum absolute atomic E-state index is 13.9. The fourth-order valence-electron chi connectivity index (χ4n) is 2.88. The van der Waals surface area contributed by atoms with E-state index in [-0.39, 0.29) is 17.8 Å². The first-order valence-electron chi connectivity index (χ1n) is 7.54. The number of hydrogen-bond donors (Lipinski definition) is 1. The van der Waals surface area contributed by atoms with Gasteiger partial charge in [0.25, 0.3) is 0 Å². The number of Topliss-reactive ketones (excluding diaryl/α,β-unsaturated/α-hetero) is 1. The SMILES string of the molecule is Cc1c(C(=O)Cc2cccc(F)c2F)c2cc(CN)cnc2n1C. The second kappa shape index (κ2) is 6.13. The van der Waals surface area contributed by atoms with Crippen molar-refractivity contribution in [2.75, 3.05) is 0 Å². The van der Waals surface area contributed by atoms with Crippen LogP contribution in [0.3, 0.4) is 0 Å². The Kier molecular flexibility index (Phi) is 4.15. The van der Waals surface area contributed by atoms with Crippen LogP contribution in [0.1, 0.15) is 27.2 Å². The molecule has 2 aromatic heterocycles. The molecule has 2 N–H and O–H groups in total. The van der Waals surface area contributed by atoms with E-state index in [4.69, 9.17) is 5.73 Å². The van der Waals surface area contributed by atoms with Gasteiger partial charge in [-0.2, -0.15) is 0 Å². The quantitative estimate of drug-likeness (QED) is 0.749. The van der Waals surface area contributed by atoms with Crippen LogP contribution in [0.5, 0.6) is 0 Å². The van der Waals surface area contributed by atoms with Gasteiger partial charge in [0.2, 0.25) is 0 Å². The molecule has 1 aromatic carbocycles. The Labute approximate surface area is 137 Å². The monoisotopic (exact) mass is 329 g/mol. The summed E-state index contributed by atoms with van der Waals surface area (Å²) in [6.07, 6.45) is 1.46. The van der Waals surface area contributed by atoms with Gasteiger partial charge in [-0.3, -0.25) is 4.79 Å². The lowest BCUT2D eigenvalue weighted by atomic mass is 10.00. The summed E-state index contributed by atoms with van der Waals surface area (Å²) >= 11 is 0. The van der Waals surface area contributed by atoms with Crippen LogP contribution in [-0.2, 0) is 20.0 Å². The van der Waals surface area contributed by atoms with Gasteiger partial charge in [0.15, 0.2) is 17.4 Å². The van der Waals surface area contributed by atoms with Crippen LogP contribution in [-0.4, -0.2) is 15.3 Å². The number of nitrogens with zero attached hydrogens (tertiary/aromatic N) is 2. The van der Waals surface area contributed by atoms with E-state index in [1.54, 1.807) is 13.1 Å². The molecule has 0 spiro atoms. The maximum Gasteiger partial charge on any atom is 0.169 e. The van der Waals surface area contributed by atoms with Gasteiger partial charge in [0.05, 0.1) is 0 Å². The summed E-state index contributed by atoms with van der Waals surface area (Å²) in [5.41, 5.74) is 8.36. The average molecular weight is 329 g/mol. The topological polar surface area (TPSA) is 60.9 Å². The molecule has 0 unspecified atom stereocenters. The fourth-order valence-corrected chi connectivity index (χ4v) is 2.88. The van der Waals surface area contributed by atoms with Gasteiger partial charge >= 0.3 is 0 Å². The second-order valence-electron chi connectivity index (χ2n) is 5.75. The molecule has 0 aliphatic rings. The zero-order valence-corrected chi connectivity index (χ0v) is 13.4. The summed E-state index contributed by atoms with van der Waals surface area (Å²) in [6, 6.07) is 5.67. The molecular weight excluding hydrogens is 312 g/mol. The summed E-state index contributed by atoms with van der Waals surface area (Å²) < 4.78 is 29.0. The minimum absolute atomic E-state index is 0.0411. The molecule has 3 rings (SSSR count). The van der Waals surface area contributed by atoms with Crippen molar-refractivity contribution in [1.82, 2.24) is 9.55 Å². The highest BCUT2D eigenvalue weighted by Crippen LogP contribution is 2.26. The number of rotatable bonds is 4. The Morgan fingerprint density at radius 1 is 1.33 bits per heavy atom. The third-order valence-electron chi connectivity index (χ3n) is 4.27. The van der Waals surface area contributed by atoms with E-state index in [1.165, 1.54) is 12.1 Å². The van der Waals surface area contributed by atoms with Crippen LogP contribution in [0.2, 0.25) is 0 Å². The van der Waals surface area contributed by atoms with Crippen molar-refractivity contribution in [2.45, 2.75) is 19.9 Å². The Balaban J connectivity index is 2.09. The van der Waals surface area contributed by atoms with Gasteiger partial charge in [-0.15, -0.1) is 0 Å². The lowest BCUT2D eigenvalue weighted by molar-refractivity contribution is 0.0992. The Morgan fingerprint density at radius 2 is 2.08 bits per heavy atom. The van der Waals surface area contributed by atoms with E-state index in [9.17, 15) is 13.6 Å². The molecule has 124 valence electrons. The van der Waals surface area contributed by atoms with Crippen LogP contribution < -0.4 is 5.73 Å². The highest BCUT2D eigenvalue weighted by atomic mass is 19.2. The Morgan fingerprint density at radius 3 is 2.79 bits per heavy atom. The zero-order chi connectivity index (χ0) is 17.4. The Bertz CT molecular complexity index is 947. The summed E-state index contributed by atoms with van der Waals surface area (Å²) in [6.45, 7) is 2.11. The highest BCUT2D eigenvalue weighted by Gasteiger charge is 2.21. The zero-order valence-electron chi connectivity index (χ0n) is 13.4. The third kappa shape index (κ3) is 2.59. The van der Waals surface area contributed by atoms with E-state index in [0.717, 1.165) is 17.3 Å². The number of pyridine rings is 1. The third-order valence-corrected chi connectivity index (χ3v) is 4.27. The van der Waals surface area contributed by atoms with Crippen LogP contribution in [0.25, 0.3) is 11.0 Å². The molecule has 0 amide bonds. The molecule has 0 aliphatic carbocycles. The van der Waals surface area contributed by atoms with Crippen LogP contribution >= 0.6 is 0 Å². The molecular formula is C18H17F2N3O. The first-order chi connectivity index (χ1) is 11.4. The van der Waals surface area contributed by atoms with E-state index < -0.39 is 11.6 Å². The molecule has 0 saturated carbocycles. The number of carbonyl (C=O) groups is 1. The van der Waals surface area contributed by atoms with Crippen molar-refractivity contribution >= 4 is 16.8 Å². The smallest absolute Gasteiger partial charge is 0.169 e. The molecule has 0 aliphatic heterocycles. The first kappa shape index (κ1) is 16.3. The molecule has 4 nitrogen and oxygen atoms in total. The predicted octanol–water partition coefficient (Wildman–Crippen LogP) is 3.04. The van der Waals surface area contributed by atoms with Gasteiger partial charge in [0.1, 0.15) is 5.65 Å². The molecule has 0 bridgehead atoms. The number of aromatic nitrogens is 2. The van der Waals surface area contributed by atoms with Crippen molar-refractivity contribution in [3.63, 3.8) is 0 Å². The maximum atomic E-state index is 13.9.